The molecule has 1 aromatic carbocycles. The second-order valence-electron chi connectivity index (χ2n) is 6.14. The third-order valence-electron chi connectivity index (χ3n) is 3.78. The van der Waals surface area contributed by atoms with Crippen LogP contribution < -0.4 is 10.2 Å². The standard InChI is InChI=1S/C19H20N4O4S/c1-23(2)14-7-5-13(6-8-14)20-16(24)12-26-18(25)10-9-17-21-19(22-27-17)15-4-3-11-28-15/h3-8,11H,9-10,12H2,1-2H3,(H,20,24). The Morgan fingerprint density at radius 3 is 2.68 bits per heavy atom. The van der Waals surface area contributed by atoms with E-state index in [0.29, 0.717) is 17.4 Å². The Balaban J connectivity index is 1.39. The molecular weight excluding hydrogens is 380 g/mol. The molecule has 0 saturated heterocycles. The van der Waals surface area contributed by atoms with E-state index in [1.54, 1.807) is 12.1 Å². The van der Waals surface area contributed by atoms with Crippen molar-refractivity contribution in [3.05, 3.63) is 47.7 Å². The number of esters is 1. The predicted molar refractivity (Wildman–Crippen MR) is 106 cm³/mol. The van der Waals surface area contributed by atoms with Crippen molar-refractivity contribution in [1.29, 1.82) is 0 Å². The number of benzene rings is 1. The highest BCUT2D eigenvalue weighted by Crippen LogP contribution is 2.21. The van der Waals surface area contributed by atoms with E-state index in [1.807, 2.05) is 48.6 Å². The van der Waals surface area contributed by atoms with Crippen LogP contribution in [0.1, 0.15) is 12.3 Å². The van der Waals surface area contributed by atoms with Gasteiger partial charge < -0.3 is 19.5 Å². The number of carbonyl (C=O) groups is 2. The highest BCUT2D eigenvalue weighted by molar-refractivity contribution is 7.13. The molecule has 0 aliphatic carbocycles. The third-order valence-corrected chi connectivity index (χ3v) is 4.65. The van der Waals surface area contributed by atoms with Crippen molar-refractivity contribution in [3.63, 3.8) is 0 Å². The zero-order valence-corrected chi connectivity index (χ0v) is 16.4. The number of amides is 1. The molecule has 0 fully saturated rings. The summed E-state index contributed by atoms with van der Waals surface area (Å²) in [5.74, 6) is -0.0541. The number of hydrogen-bond acceptors (Lipinski definition) is 8. The van der Waals surface area contributed by atoms with Crippen molar-refractivity contribution in [2.45, 2.75) is 12.8 Å². The Hall–Kier alpha value is -3.20. The number of nitrogens with zero attached hydrogens (tertiary/aromatic N) is 3. The molecule has 0 aliphatic heterocycles. The van der Waals surface area contributed by atoms with Gasteiger partial charge in [0.05, 0.1) is 11.3 Å². The van der Waals surface area contributed by atoms with E-state index < -0.39 is 11.9 Å². The number of rotatable bonds is 8. The molecule has 2 heterocycles. The normalized spacial score (nSPS) is 10.5. The lowest BCUT2D eigenvalue weighted by atomic mass is 10.2. The first-order valence-electron chi connectivity index (χ1n) is 8.60. The lowest BCUT2D eigenvalue weighted by Crippen LogP contribution is -2.21. The Kier molecular flexibility index (Phi) is 6.38. The summed E-state index contributed by atoms with van der Waals surface area (Å²) in [6.07, 6.45) is 0.307. The minimum atomic E-state index is -0.506. The third kappa shape index (κ3) is 5.40. The van der Waals surface area contributed by atoms with Crippen LogP contribution >= 0.6 is 11.3 Å². The molecule has 0 spiro atoms. The van der Waals surface area contributed by atoms with Crippen LogP contribution in [0.2, 0.25) is 0 Å². The summed E-state index contributed by atoms with van der Waals surface area (Å²) < 4.78 is 10.1. The maximum Gasteiger partial charge on any atom is 0.306 e. The fourth-order valence-electron chi connectivity index (χ4n) is 2.33. The number of ether oxygens (including phenoxy) is 1. The highest BCUT2D eigenvalue weighted by Gasteiger charge is 2.13. The van der Waals surface area contributed by atoms with E-state index >= 15 is 0 Å². The average Bonchev–Trinajstić information content (AvgIpc) is 3.36. The monoisotopic (exact) mass is 400 g/mol. The van der Waals surface area contributed by atoms with E-state index in [0.717, 1.165) is 10.6 Å². The minimum absolute atomic E-state index is 0.0525. The minimum Gasteiger partial charge on any atom is -0.456 e. The summed E-state index contributed by atoms with van der Waals surface area (Å²) in [7, 11) is 3.87. The number of aryl methyl sites for hydroxylation is 1. The van der Waals surface area contributed by atoms with Gasteiger partial charge in [-0.25, -0.2) is 0 Å². The van der Waals surface area contributed by atoms with E-state index in [2.05, 4.69) is 15.5 Å². The van der Waals surface area contributed by atoms with Crippen LogP contribution in [0.15, 0.2) is 46.3 Å². The second-order valence-corrected chi connectivity index (χ2v) is 7.09. The summed E-state index contributed by atoms with van der Waals surface area (Å²) in [6, 6.07) is 11.1. The van der Waals surface area contributed by atoms with E-state index in [9.17, 15) is 9.59 Å². The number of aromatic nitrogens is 2. The van der Waals surface area contributed by atoms with Gasteiger partial charge in [0.1, 0.15) is 0 Å². The molecule has 3 rings (SSSR count). The van der Waals surface area contributed by atoms with Crippen molar-refractivity contribution in [1.82, 2.24) is 10.1 Å². The molecule has 8 nitrogen and oxygen atoms in total. The number of anilines is 2. The first-order valence-corrected chi connectivity index (χ1v) is 9.48. The van der Waals surface area contributed by atoms with Crippen LogP contribution in [-0.2, 0) is 20.7 Å². The smallest absolute Gasteiger partial charge is 0.306 e. The molecule has 0 radical (unpaired) electrons. The number of nitrogens with one attached hydrogen (secondary N) is 1. The number of hydrogen-bond donors (Lipinski definition) is 1. The van der Waals surface area contributed by atoms with Gasteiger partial charge in [-0.3, -0.25) is 9.59 Å². The fraction of sp³-hybridized carbons (Fsp3) is 0.263. The summed E-state index contributed by atoms with van der Waals surface area (Å²) in [5, 5.41) is 8.48. The number of carbonyl (C=O) groups excluding carboxylic acids is 2. The maximum atomic E-state index is 11.9. The van der Waals surface area contributed by atoms with Gasteiger partial charge in [-0.15, -0.1) is 11.3 Å². The summed E-state index contributed by atoms with van der Waals surface area (Å²) in [4.78, 5) is 30.8. The van der Waals surface area contributed by atoms with Crippen molar-refractivity contribution >= 4 is 34.6 Å². The second kappa shape index (κ2) is 9.14. The molecule has 2 aromatic heterocycles. The molecule has 0 aliphatic rings. The lowest BCUT2D eigenvalue weighted by Gasteiger charge is -2.13. The Bertz CT molecular complexity index is 920. The summed E-state index contributed by atoms with van der Waals surface area (Å²) >= 11 is 1.50. The van der Waals surface area contributed by atoms with Gasteiger partial charge >= 0.3 is 5.97 Å². The van der Waals surface area contributed by atoms with E-state index in [4.69, 9.17) is 9.26 Å². The molecule has 3 aromatic rings. The van der Waals surface area contributed by atoms with Gasteiger partial charge in [0, 0.05) is 31.9 Å². The molecule has 0 atom stereocenters. The van der Waals surface area contributed by atoms with Gasteiger partial charge in [-0.05, 0) is 35.7 Å². The van der Waals surface area contributed by atoms with Crippen LogP contribution in [-0.4, -0.2) is 42.7 Å². The Morgan fingerprint density at radius 1 is 1.21 bits per heavy atom. The molecule has 1 N–H and O–H groups in total. The quantitative estimate of drug-likeness (QED) is 0.581. The Morgan fingerprint density at radius 2 is 2.00 bits per heavy atom. The van der Waals surface area contributed by atoms with Crippen LogP contribution in [0.5, 0.6) is 0 Å². The van der Waals surface area contributed by atoms with Crippen LogP contribution in [0.3, 0.4) is 0 Å². The first kappa shape index (κ1) is 19.6. The van der Waals surface area contributed by atoms with Gasteiger partial charge in [-0.2, -0.15) is 4.98 Å². The molecule has 9 heteroatoms. The largest absolute Gasteiger partial charge is 0.456 e. The zero-order chi connectivity index (χ0) is 19.9. The molecule has 28 heavy (non-hydrogen) atoms. The van der Waals surface area contributed by atoms with Crippen molar-refractivity contribution < 1.29 is 18.8 Å². The SMILES string of the molecule is CN(C)c1ccc(NC(=O)COC(=O)CCc2nc(-c3cccs3)no2)cc1. The number of thiophene rings is 1. The first-order chi connectivity index (χ1) is 13.5. The molecule has 1 amide bonds. The van der Waals surface area contributed by atoms with Gasteiger partial charge in [0.15, 0.2) is 6.61 Å². The Labute approximate surface area is 166 Å². The van der Waals surface area contributed by atoms with Crippen LogP contribution in [0.4, 0.5) is 11.4 Å². The van der Waals surface area contributed by atoms with Gasteiger partial charge in [0.2, 0.25) is 11.7 Å². The topological polar surface area (TPSA) is 97.6 Å². The van der Waals surface area contributed by atoms with Crippen molar-refractivity contribution in [3.8, 4) is 10.7 Å². The molecule has 0 unspecified atom stereocenters. The molecular formula is C19H20N4O4S. The van der Waals surface area contributed by atoms with Crippen LogP contribution in [0.25, 0.3) is 10.7 Å². The van der Waals surface area contributed by atoms with Crippen molar-refractivity contribution in [2.24, 2.45) is 0 Å². The predicted octanol–water partition coefficient (Wildman–Crippen LogP) is 2.98. The summed E-state index contributed by atoms with van der Waals surface area (Å²) in [6.45, 7) is -0.349. The van der Waals surface area contributed by atoms with Crippen molar-refractivity contribution in [2.75, 3.05) is 30.9 Å². The summed E-state index contributed by atoms with van der Waals surface area (Å²) in [5.41, 5.74) is 1.66. The molecule has 0 bridgehead atoms. The van der Waals surface area contributed by atoms with E-state index in [-0.39, 0.29) is 19.4 Å². The van der Waals surface area contributed by atoms with E-state index in [1.165, 1.54) is 11.3 Å². The fourth-order valence-corrected chi connectivity index (χ4v) is 2.98. The molecule has 0 saturated carbocycles. The maximum absolute atomic E-state index is 11.9. The highest BCUT2D eigenvalue weighted by atomic mass is 32.1. The van der Waals surface area contributed by atoms with Gasteiger partial charge in [-0.1, -0.05) is 11.2 Å². The van der Waals surface area contributed by atoms with Crippen LogP contribution in [0, 0.1) is 0 Å². The van der Waals surface area contributed by atoms with Gasteiger partial charge in [0.25, 0.3) is 5.91 Å². The zero-order valence-electron chi connectivity index (χ0n) is 15.5. The average molecular weight is 400 g/mol. The molecule has 146 valence electrons. The lowest BCUT2D eigenvalue weighted by molar-refractivity contribution is -0.147.